The molecule has 80 valence electrons. The van der Waals surface area contributed by atoms with Crippen LogP contribution in [-0.2, 0) is 0 Å². The molecule has 0 bridgehead atoms. The molecule has 5 heteroatoms. The fraction of sp³-hybridized carbons (Fsp3) is 0. The van der Waals surface area contributed by atoms with Crippen LogP contribution in [0.1, 0.15) is 5.56 Å². The second-order valence-corrected chi connectivity index (χ2v) is 3.18. The molecule has 5 nitrogen and oxygen atoms in total. The first-order valence-corrected chi connectivity index (χ1v) is 4.68. The molecular weight excluding hydrogens is 204 g/mol. The van der Waals surface area contributed by atoms with E-state index in [-0.39, 0.29) is 0 Å². The molecule has 0 aliphatic rings. The second kappa shape index (κ2) is 4.39. The van der Waals surface area contributed by atoms with E-state index >= 15 is 0 Å². The predicted octanol–water partition coefficient (Wildman–Crippen LogP) is 1.24. The minimum Gasteiger partial charge on any atom is -0.350 e. The molecule has 16 heavy (non-hydrogen) atoms. The third-order valence-corrected chi connectivity index (χ3v) is 2.09. The number of carbonyl (C=O) groups excluding carboxylic acids is 1. The Balaban J connectivity index is 2.37. The minimum atomic E-state index is -0.682. The Kier molecular flexibility index (Phi) is 2.77. The van der Waals surface area contributed by atoms with Gasteiger partial charge in [0.05, 0.1) is 6.21 Å². The van der Waals surface area contributed by atoms with E-state index in [1.807, 2.05) is 24.3 Å². The largest absolute Gasteiger partial charge is 0.350 e. The van der Waals surface area contributed by atoms with E-state index in [4.69, 9.17) is 5.73 Å². The highest BCUT2D eigenvalue weighted by Crippen LogP contribution is 2.15. The van der Waals surface area contributed by atoms with Crippen molar-refractivity contribution in [3.8, 4) is 0 Å². The third kappa shape index (κ3) is 2.14. The van der Waals surface area contributed by atoms with Crippen LogP contribution in [0.25, 0.3) is 10.8 Å². The van der Waals surface area contributed by atoms with Crippen molar-refractivity contribution < 1.29 is 4.79 Å². The van der Waals surface area contributed by atoms with Gasteiger partial charge in [0.2, 0.25) is 0 Å². The predicted molar refractivity (Wildman–Crippen MR) is 62.1 cm³/mol. The number of nitrogens with one attached hydrogen (secondary N) is 1. The number of hydrogen-bond acceptors (Lipinski definition) is 3. The lowest BCUT2D eigenvalue weighted by molar-refractivity contribution is 0.249. The molecule has 0 saturated heterocycles. The molecule has 0 fully saturated rings. The van der Waals surface area contributed by atoms with Crippen LogP contribution < -0.4 is 11.2 Å². The quantitative estimate of drug-likeness (QED) is 0.582. The summed E-state index contributed by atoms with van der Waals surface area (Å²) in [5, 5.41) is 5.76. The fourth-order valence-corrected chi connectivity index (χ4v) is 1.43. The van der Waals surface area contributed by atoms with Crippen LogP contribution in [0, 0.1) is 0 Å². The number of amides is 2. The summed E-state index contributed by atoms with van der Waals surface area (Å²) in [4.78, 5) is 14.5. The molecule has 0 atom stereocenters. The number of aromatic nitrogens is 1. The van der Waals surface area contributed by atoms with E-state index in [0.29, 0.717) is 0 Å². The molecule has 0 saturated carbocycles. The van der Waals surface area contributed by atoms with Gasteiger partial charge in [-0.15, -0.1) is 0 Å². The van der Waals surface area contributed by atoms with Gasteiger partial charge in [0.25, 0.3) is 0 Å². The number of nitrogens with zero attached hydrogens (tertiary/aromatic N) is 2. The van der Waals surface area contributed by atoms with Crippen LogP contribution in [0.3, 0.4) is 0 Å². The normalized spacial score (nSPS) is 10.8. The molecule has 1 heterocycles. The molecule has 3 N–H and O–H groups in total. The molecule has 0 unspecified atom stereocenters. The Morgan fingerprint density at radius 3 is 3.12 bits per heavy atom. The van der Waals surface area contributed by atoms with Gasteiger partial charge in [-0.1, -0.05) is 18.2 Å². The first-order chi connectivity index (χ1) is 7.77. The first kappa shape index (κ1) is 10.1. The van der Waals surface area contributed by atoms with Crippen molar-refractivity contribution in [1.29, 1.82) is 0 Å². The molecule has 2 rings (SSSR count). The van der Waals surface area contributed by atoms with E-state index < -0.39 is 6.03 Å². The highest BCUT2D eigenvalue weighted by atomic mass is 16.2. The maximum Gasteiger partial charge on any atom is 0.332 e. The van der Waals surface area contributed by atoms with Gasteiger partial charge in [0.1, 0.15) is 0 Å². The minimum absolute atomic E-state index is 0.682. The fourth-order valence-electron chi connectivity index (χ4n) is 1.43. The number of benzene rings is 1. The number of hydrogen-bond donors (Lipinski definition) is 2. The number of fused-ring (bicyclic) bond motifs is 1. The summed E-state index contributed by atoms with van der Waals surface area (Å²) < 4.78 is 0. The van der Waals surface area contributed by atoms with Gasteiger partial charge in [-0.25, -0.2) is 10.2 Å². The number of carbonyl (C=O) groups is 1. The number of hydrazone groups is 1. The molecular formula is C11H10N4O. The van der Waals surface area contributed by atoms with E-state index in [9.17, 15) is 4.79 Å². The zero-order valence-electron chi connectivity index (χ0n) is 8.42. The Morgan fingerprint density at radius 2 is 2.31 bits per heavy atom. The van der Waals surface area contributed by atoms with E-state index in [1.165, 1.54) is 0 Å². The van der Waals surface area contributed by atoms with Crippen LogP contribution in [0.4, 0.5) is 4.79 Å². The topological polar surface area (TPSA) is 80.4 Å². The van der Waals surface area contributed by atoms with Gasteiger partial charge in [-0.2, -0.15) is 5.10 Å². The molecule has 0 spiro atoms. The van der Waals surface area contributed by atoms with Gasteiger partial charge >= 0.3 is 6.03 Å². The molecule has 0 radical (unpaired) electrons. The van der Waals surface area contributed by atoms with Crippen molar-refractivity contribution in [3.05, 3.63) is 42.2 Å². The van der Waals surface area contributed by atoms with E-state index in [2.05, 4.69) is 15.5 Å². The summed E-state index contributed by atoms with van der Waals surface area (Å²) in [5.41, 5.74) is 7.94. The average Bonchev–Trinajstić information content (AvgIpc) is 2.29. The highest BCUT2D eigenvalue weighted by Gasteiger charge is 1.97. The lowest BCUT2D eigenvalue weighted by Crippen LogP contribution is -2.24. The van der Waals surface area contributed by atoms with E-state index in [1.54, 1.807) is 18.6 Å². The molecule has 0 aliphatic heterocycles. The number of urea groups is 1. The lowest BCUT2D eigenvalue weighted by atomic mass is 10.1. The average molecular weight is 214 g/mol. The second-order valence-electron chi connectivity index (χ2n) is 3.18. The van der Waals surface area contributed by atoms with Crippen LogP contribution in [0.2, 0.25) is 0 Å². The summed E-state index contributed by atoms with van der Waals surface area (Å²) in [7, 11) is 0. The summed E-state index contributed by atoms with van der Waals surface area (Å²) in [6.45, 7) is 0. The third-order valence-electron chi connectivity index (χ3n) is 2.09. The molecule has 2 aromatic rings. The number of primary amides is 1. The van der Waals surface area contributed by atoms with Crippen LogP contribution in [0.5, 0.6) is 0 Å². The van der Waals surface area contributed by atoms with Crippen molar-refractivity contribution in [2.45, 2.75) is 0 Å². The summed E-state index contributed by atoms with van der Waals surface area (Å²) in [6.07, 6.45) is 5.03. The van der Waals surface area contributed by atoms with E-state index in [0.717, 1.165) is 16.3 Å². The summed E-state index contributed by atoms with van der Waals surface area (Å²) >= 11 is 0. The van der Waals surface area contributed by atoms with Gasteiger partial charge < -0.3 is 5.73 Å². The lowest BCUT2D eigenvalue weighted by Gasteiger charge is -2.00. The maximum absolute atomic E-state index is 10.4. The first-order valence-electron chi connectivity index (χ1n) is 4.68. The number of rotatable bonds is 2. The van der Waals surface area contributed by atoms with Crippen LogP contribution in [-0.4, -0.2) is 17.2 Å². The van der Waals surface area contributed by atoms with Crippen molar-refractivity contribution in [3.63, 3.8) is 0 Å². The summed E-state index contributed by atoms with van der Waals surface area (Å²) in [5.74, 6) is 0. The molecule has 0 aliphatic carbocycles. The van der Waals surface area contributed by atoms with Crippen molar-refractivity contribution in [2.24, 2.45) is 10.8 Å². The van der Waals surface area contributed by atoms with Gasteiger partial charge in [0.15, 0.2) is 0 Å². The van der Waals surface area contributed by atoms with Gasteiger partial charge in [-0.3, -0.25) is 4.98 Å². The molecule has 1 aromatic carbocycles. The monoisotopic (exact) mass is 214 g/mol. The Labute approximate surface area is 92.0 Å². The van der Waals surface area contributed by atoms with Crippen molar-refractivity contribution in [2.75, 3.05) is 0 Å². The smallest absolute Gasteiger partial charge is 0.332 e. The Hall–Kier alpha value is -2.43. The Morgan fingerprint density at radius 1 is 1.44 bits per heavy atom. The van der Waals surface area contributed by atoms with Crippen LogP contribution in [0.15, 0.2) is 41.8 Å². The SMILES string of the molecule is NC(=O)NN=Cc1cccc2cnccc12. The Bertz CT molecular complexity index is 545. The van der Waals surface area contributed by atoms with Crippen molar-refractivity contribution >= 4 is 23.0 Å². The van der Waals surface area contributed by atoms with Gasteiger partial charge in [-0.05, 0) is 11.5 Å². The molecule has 2 amide bonds. The number of nitrogens with two attached hydrogens (primary N) is 1. The van der Waals surface area contributed by atoms with Crippen molar-refractivity contribution in [1.82, 2.24) is 10.4 Å². The zero-order valence-corrected chi connectivity index (χ0v) is 8.42. The zero-order chi connectivity index (χ0) is 11.4. The van der Waals surface area contributed by atoms with Crippen LogP contribution >= 0.6 is 0 Å². The molecule has 1 aromatic heterocycles. The summed E-state index contributed by atoms with van der Waals surface area (Å²) in [6, 6.07) is 6.96. The van der Waals surface area contributed by atoms with Gasteiger partial charge in [0, 0.05) is 23.3 Å². The number of pyridine rings is 1. The maximum atomic E-state index is 10.4. The highest BCUT2D eigenvalue weighted by molar-refractivity contribution is 5.99. The standard InChI is InChI=1S/C11H10N4O/c12-11(16)15-14-7-9-3-1-2-8-6-13-5-4-10(8)9/h1-7H,(H3,12,15,16).